The minimum Gasteiger partial charge on any atom is -0.380 e. The molecule has 1 atom stereocenters. The SMILES string of the molecule is CCOCC(Cl)Cc1ccccc1. The summed E-state index contributed by atoms with van der Waals surface area (Å²) in [5, 5.41) is 0.0855. The zero-order valence-corrected chi connectivity index (χ0v) is 8.63. The van der Waals surface area contributed by atoms with E-state index < -0.39 is 0 Å². The highest BCUT2D eigenvalue weighted by Gasteiger charge is 2.04. The van der Waals surface area contributed by atoms with Gasteiger partial charge in [-0.25, -0.2) is 0 Å². The Morgan fingerprint density at radius 3 is 2.62 bits per heavy atom. The summed E-state index contributed by atoms with van der Waals surface area (Å²) in [6.07, 6.45) is 0.877. The van der Waals surface area contributed by atoms with Crippen molar-refractivity contribution in [2.45, 2.75) is 18.7 Å². The maximum absolute atomic E-state index is 6.07. The Balaban J connectivity index is 2.32. The van der Waals surface area contributed by atoms with Crippen LogP contribution in [0.5, 0.6) is 0 Å². The summed E-state index contributed by atoms with van der Waals surface area (Å²) in [6.45, 7) is 3.34. The van der Waals surface area contributed by atoms with E-state index in [1.807, 2.05) is 25.1 Å². The number of hydrogen-bond donors (Lipinski definition) is 0. The van der Waals surface area contributed by atoms with E-state index in [1.165, 1.54) is 5.56 Å². The molecule has 13 heavy (non-hydrogen) atoms. The van der Waals surface area contributed by atoms with Gasteiger partial charge in [-0.05, 0) is 18.9 Å². The normalized spacial score (nSPS) is 12.8. The first-order valence-corrected chi connectivity index (χ1v) is 5.02. The molecule has 0 saturated heterocycles. The smallest absolute Gasteiger partial charge is 0.0633 e. The summed E-state index contributed by atoms with van der Waals surface area (Å²) in [6, 6.07) is 10.2. The highest BCUT2D eigenvalue weighted by molar-refractivity contribution is 6.20. The second kappa shape index (κ2) is 6.01. The lowest BCUT2D eigenvalue weighted by Crippen LogP contribution is -2.11. The van der Waals surface area contributed by atoms with Crippen LogP contribution in [0.15, 0.2) is 30.3 Å². The van der Waals surface area contributed by atoms with E-state index in [4.69, 9.17) is 16.3 Å². The van der Waals surface area contributed by atoms with Crippen LogP contribution in [0.25, 0.3) is 0 Å². The van der Waals surface area contributed by atoms with Crippen molar-refractivity contribution in [1.82, 2.24) is 0 Å². The molecule has 0 N–H and O–H groups in total. The molecule has 0 heterocycles. The Morgan fingerprint density at radius 1 is 1.31 bits per heavy atom. The maximum atomic E-state index is 6.07. The fourth-order valence-corrected chi connectivity index (χ4v) is 1.44. The predicted molar refractivity (Wildman–Crippen MR) is 56.3 cm³/mol. The maximum Gasteiger partial charge on any atom is 0.0633 e. The zero-order chi connectivity index (χ0) is 9.52. The van der Waals surface area contributed by atoms with Crippen molar-refractivity contribution in [3.8, 4) is 0 Å². The molecule has 0 fully saturated rings. The summed E-state index contributed by atoms with van der Waals surface area (Å²) >= 11 is 6.07. The molecule has 0 spiro atoms. The fourth-order valence-electron chi connectivity index (χ4n) is 1.17. The van der Waals surface area contributed by atoms with Gasteiger partial charge in [0, 0.05) is 6.61 Å². The Labute approximate surface area is 84.7 Å². The molecule has 0 aliphatic heterocycles. The van der Waals surface area contributed by atoms with Crippen molar-refractivity contribution in [1.29, 1.82) is 0 Å². The summed E-state index contributed by atoms with van der Waals surface area (Å²) in [4.78, 5) is 0. The third-order valence-electron chi connectivity index (χ3n) is 1.80. The second-order valence-electron chi connectivity index (χ2n) is 2.95. The van der Waals surface area contributed by atoms with Crippen LogP contribution in [-0.2, 0) is 11.2 Å². The van der Waals surface area contributed by atoms with E-state index in [0.29, 0.717) is 6.61 Å². The number of benzene rings is 1. The predicted octanol–water partition coefficient (Wildman–Crippen LogP) is 2.87. The van der Waals surface area contributed by atoms with Gasteiger partial charge in [0.2, 0.25) is 0 Å². The van der Waals surface area contributed by atoms with Gasteiger partial charge < -0.3 is 4.74 Å². The number of hydrogen-bond acceptors (Lipinski definition) is 1. The monoisotopic (exact) mass is 198 g/mol. The van der Waals surface area contributed by atoms with Gasteiger partial charge in [-0.15, -0.1) is 11.6 Å². The molecule has 1 aromatic rings. The minimum atomic E-state index is 0.0855. The average Bonchev–Trinajstić information content (AvgIpc) is 2.16. The largest absolute Gasteiger partial charge is 0.380 e. The highest BCUT2D eigenvalue weighted by Crippen LogP contribution is 2.08. The number of alkyl halides is 1. The molecular formula is C11H15ClO. The van der Waals surface area contributed by atoms with Crippen LogP contribution in [0.4, 0.5) is 0 Å². The van der Waals surface area contributed by atoms with E-state index in [2.05, 4.69) is 12.1 Å². The first-order valence-electron chi connectivity index (χ1n) is 4.58. The Kier molecular flexibility index (Phi) is 4.87. The van der Waals surface area contributed by atoms with Crippen LogP contribution >= 0.6 is 11.6 Å². The first kappa shape index (κ1) is 10.6. The van der Waals surface area contributed by atoms with Crippen LogP contribution in [-0.4, -0.2) is 18.6 Å². The van der Waals surface area contributed by atoms with Crippen molar-refractivity contribution in [3.63, 3.8) is 0 Å². The quantitative estimate of drug-likeness (QED) is 0.662. The molecule has 0 aliphatic carbocycles. The van der Waals surface area contributed by atoms with Gasteiger partial charge in [0.1, 0.15) is 0 Å². The summed E-state index contributed by atoms with van der Waals surface area (Å²) in [5.74, 6) is 0. The lowest BCUT2D eigenvalue weighted by Gasteiger charge is -2.08. The lowest BCUT2D eigenvalue weighted by atomic mass is 10.1. The molecule has 0 bridgehead atoms. The number of rotatable bonds is 5. The molecule has 2 heteroatoms. The van der Waals surface area contributed by atoms with Gasteiger partial charge in [-0.3, -0.25) is 0 Å². The van der Waals surface area contributed by atoms with Gasteiger partial charge in [0.15, 0.2) is 0 Å². The Hall–Kier alpha value is -0.530. The first-order chi connectivity index (χ1) is 6.33. The lowest BCUT2D eigenvalue weighted by molar-refractivity contribution is 0.147. The summed E-state index contributed by atoms with van der Waals surface area (Å²) in [7, 11) is 0. The van der Waals surface area contributed by atoms with E-state index in [0.717, 1.165) is 13.0 Å². The van der Waals surface area contributed by atoms with Crippen LogP contribution in [0.3, 0.4) is 0 Å². The van der Waals surface area contributed by atoms with Crippen molar-refractivity contribution in [2.75, 3.05) is 13.2 Å². The zero-order valence-electron chi connectivity index (χ0n) is 7.87. The van der Waals surface area contributed by atoms with Crippen molar-refractivity contribution in [3.05, 3.63) is 35.9 Å². The number of ether oxygens (including phenoxy) is 1. The highest BCUT2D eigenvalue weighted by atomic mass is 35.5. The average molecular weight is 199 g/mol. The van der Waals surface area contributed by atoms with E-state index in [9.17, 15) is 0 Å². The Bertz CT molecular complexity index is 223. The van der Waals surface area contributed by atoms with E-state index >= 15 is 0 Å². The van der Waals surface area contributed by atoms with E-state index in [-0.39, 0.29) is 5.38 Å². The van der Waals surface area contributed by atoms with Gasteiger partial charge in [0.05, 0.1) is 12.0 Å². The van der Waals surface area contributed by atoms with Gasteiger partial charge in [-0.2, -0.15) is 0 Å². The standard InChI is InChI=1S/C11H15ClO/c1-2-13-9-11(12)8-10-6-4-3-5-7-10/h3-7,11H,2,8-9H2,1H3. The minimum absolute atomic E-state index is 0.0855. The molecule has 0 aromatic heterocycles. The van der Waals surface area contributed by atoms with Gasteiger partial charge in [-0.1, -0.05) is 30.3 Å². The van der Waals surface area contributed by atoms with Crippen LogP contribution in [0.1, 0.15) is 12.5 Å². The van der Waals surface area contributed by atoms with Crippen LogP contribution in [0, 0.1) is 0 Å². The molecule has 72 valence electrons. The summed E-state index contributed by atoms with van der Waals surface area (Å²) in [5.41, 5.74) is 1.27. The van der Waals surface area contributed by atoms with Crippen molar-refractivity contribution >= 4 is 11.6 Å². The molecule has 0 aliphatic rings. The van der Waals surface area contributed by atoms with Gasteiger partial charge >= 0.3 is 0 Å². The summed E-state index contributed by atoms with van der Waals surface area (Å²) < 4.78 is 5.24. The van der Waals surface area contributed by atoms with E-state index in [1.54, 1.807) is 0 Å². The molecule has 1 nitrogen and oxygen atoms in total. The third-order valence-corrected chi connectivity index (χ3v) is 2.08. The number of halogens is 1. The van der Waals surface area contributed by atoms with Crippen LogP contribution in [0.2, 0.25) is 0 Å². The topological polar surface area (TPSA) is 9.23 Å². The molecular weight excluding hydrogens is 184 g/mol. The molecule has 1 rings (SSSR count). The van der Waals surface area contributed by atoms with Crippen LogP contribution < -0.4 is 0 Å². The second-order valence-corrected chi connectivity index (χ2v) is 3.56. The molecule has 1 aromatic carbocycles. The molecule has 1 unspecified atom stereocenters. The Morgan fingerprint density at radius 2 is 2.00 bits per heavy atom. The third kappa shape index (κ3) is 4.30. The van der Waals surface area contributed by atoms with Crippen molar-refractivity contribution in [2.24, 2.45) is 0 Å². The molecule has 0 saturated carbocycles. The fraction of sp³-hybridized carbons (Fsp3) is 0.455. The van der Waals surface area contributed by atoms with Crippen molar-refractivity contribution < 1.29 is 4.74 Å². The van der Waals surface area contributed by atoms with Gasteiger partial charge in [0.25, 0.3) is 0 Å². The molecule has 0 amide bonds. The molecule has 0 radical (unpaired) electrons.